The summed E-state index contributed by atoms with van der Waals surface area (Å²) < 4.78 is 22.1. The Balaban J connectivity index is 2.36. The van der Waals surface area contributed by atoms with Crippen molar-refractivity contribution in [3.05, 3.63) is 36.1 Å². The zero-order valence-electron chi connectivity index (χ0n) is 14.5. The largest absolute Gasteiger partial charge is 0.496 e. The SMILES string of the molecule is COc1ccc2nc3occc3c(OC)c2c1/C=C/C(C)(C)OC. The van der Waals surface area contributed by atoms with E-state index in [-0.39, 0.29) is 0 Å². The Kier molecular flexibility index (Phi) is 4.20. The van der Waals surface area contributed by atoms with Gasteiger partial charge in [0, 0.05) is 12.7 Å². The van der Waals surface area contributed by atoms with Crippen LogP contribution in [0.25, 0.3) is 28.1 Å². The Labute approximate surface area is 140 Å². The first kappa shape index (κ1) is 16.3. The fourth-order valence-electron chi connectivity index (χ4n) is 2.63. The number of hydrogen-bond acceptors (Lipinski definition) is 5. The van der Waals surface area contributed by atoms with Crippen LogP contribution in [0.5, 0.6) is 11.5 Å². The second-order valence-electron chi connectivity index (χ2n) is 6.00. The molecule has 1 aromatic carbocycles. The van der Waals surface area contributed by atoms with Crippen molar-refractivity contribution in [2.75, 3.05) is 21.3 Å². The molecule has 0 atom stereocenters. The van der Waals surface area contributed by atoms with Crippen molar-refractivity contribution in [2.45, 2.75) is 19.4 Å². The quantitative estimate of drug-likeness (QED) is 0.693. The lowest BCUT2D eigenvalue weighted by Crippen LogP contribution is -2.18. The third-order valence-electron chi connectivity index (χ3n) is 4.12. The summed E-state index contributed by atoms with van der Waals surface area (Å²) in [6, 6.07) is 5.65. The first-order valence-electron chi connectivity index (χ1n) is 7.67. The van der Waals surface area contributed by atoms with Gasteiger partial charge in [0.25, 0.3) is 0 Å². The van der Waals surface area contributed by atoms with Crippen molar-refractivity contribution in [1.82, 2.24) is 4.98 Å². The lowest BCUT2D eigenvalue weighted by atomic mass is 10.0. The van der Waals surface area contributed by atoms with E-state index in [0.717, 1.165) is 33.4 Å². The Morgan fingerprint density at radius 1 is 1.08 bits per heavy atom. The molecule has 0 amide bonds. The standard InChI is InChI=1S/C19H21NO4/c1-19(2,23-5)10-8-12-15(21-3)7-6-14-16(12)17(22-4)13-9-11-24-18(13)20-14/h6-11H,1-5H3/b10-8+. The summed E-state index contributed by atoms with van der Waals surface area (Å²) >= 11 is 0. The van der Waals surface area contributed by atoms with E-state index in [9.17, 15) is 0 Å². The minimum absolute atomic E-state index is 0.395. The van der Waals surface area contributed by atoms with Gasteiger partial charge in [0.05, 0.1) is 42.4 Å². The Bertz CT molecular complexity index is 909. The summed E-state index contributed by atoms with van der Waals surface area (Å²) in [5, 5.41) is 1.72. The van der Waals surface area contributed by atoms with Gasteiger partial charge < -0.3 is 18.6 Å². The van der Waals surface area contributed by atoms with Crippen LogP contribution in [0.1, 0.15) is 19.4 Å². The van der Waals surface area contributed by atoms with E-state index in [4.69, 9.17) is 18.6 Å². The third-order valence-corrected chi connectivity index (χ3v) is 4.12. The van der Waals surface area contributed by atoms with Gasteiger partial charge in [-0.3, -0.25) is 0 Å². The summed E-state index contributed by atoms with van der Waals surface area (Å²) in [5.41, 5.74) is 1.84. The van der Waals surface area contributed by atoms with Crippen molar-refractivity contribution >= 4 is 28.1 Å². The molecule has 0 saturated heterocycles. The molecule has 5 nitrogen and oxygen atoms in total. The summed E-state index contributed by atoms with van der Waals surface area (Å²) in [4.78, 5) is 4.58. The van der Waals surface area contributed by atoms with Crippen LogP contribution < -0.4 is 9.47 Å². The number of rotatable bonds is 5. The fraction of sp³-hybridized carbons (Fsp3) is 0.316. The summed E-state index contributed by atoms with van der Waals surface area (Å²) in [7, 11) is 4.98. The van der Waals surface area contributed by atoms with Crippen molar-refractivity contribution in [2.24, 2.45) is 0 Å². The number of aromatic nitrogens is 1. The van der Waals surface area contributed by atoms with E-state index in [1.807, 2.05) is 44.2 Å². The highest BCUT2D eigenvalue weighted by Crippen LogP contribution is 2.39. The molecule has 2 aromatic heterocycles. The molecule has 0 aliphatic heterocycles. The number of pyridine rings is 1. The van der Waals surface area contributed by atoms with Crippen LogP contribution in [0.3, 0.4) is 0 Å². The molecular weight excluding hydrogens is 306 g/mol. The van der Waals surface area contributed by atoms with Crippen LogP contribution >= 0.6 is 0 Å². The third kappa shape index (κ3) is 2.71. The molecule has 0 aliphatic rings. The smallest absolute Gasteiger partial charge is 0.230 e. The lowest BCUT2D eigenvalue weighted by Gasteiger charge is -2.18. The van der Waals surface area contributed by atoms with Gasteiger partial charge >= 0.3 is 0 Å². The van der Waals surface area contributed by atoms with Crippen molar-refractivity contribution in [1.29, 1.82) is 0 Å². The first-order valence-corrected chi connectivity index (χ1v) is 7.67. The molecule has 0 fully saturated rings. The number of ether oxygens (including phenoxy) is 3. The molecular formula is C19H21NO4. The first-order chi connectivity index (χ1) is 11.5. The van der Waals surface area contributed by atoms with E-state index in [1.165, 1.54) is 0 Å². The topological polar surface area (TPSA) is 53.7 Å². The highest BCUT2D eigenvalue weighted by Gasteiger charge is 2.18. The number of benzene rings is 1. The number of nitrogens with zero attached hydrogens (tertiary/aromatic N) is 1. The van der Waals surface area contributed by atoms with Crippen LogP contribution in [-0.2, 0) is 4.74 Å². The van der Waals surface area contributed by atoms with Crippen LogP contribution in [-0.4, -0.2) is 31.9 Å². The fourth-order valence-corrected chi connectivity index (χ4v) is 2.63. The van der Waals surface area contributed by atoms with Crippen LogP contribution in [0.4, 0.5) is 0 Å². The lowest BCUT2D eigenvalue weighted by molar-refractivity contribution is 0.0663. The van der Waals surface area contributed by atoms with Crippen LogP contribution in [0, 0.1) is 0 Å². The van der Waals surface area contributed by atoms with E-state index >= 15 is 0 Å². The van der Waals surface area contributed by atoms with Gasteiger partial charge in [-0.2, -0.15) is 0 Å². The monoisotopic (exact) mass is 327 g/mol. The van der Waals surface area contributed by atoms with E-state index in [0.29, 0.717) is 5.71 Å². The second kappa shape index (κ2) is 6.17. The van der Waals surface area contributed by atoms with Crippen molar-refractivity contribution in [3.63, 3.8) is 0 Å². The van der Waals surface area contributed by atoms with Gasteiger partial charge in [0.2, 0.25) is 5.71 Å². The zero-order chi connectivity index (χ0) is 17.3. The summed E-state index contributed by atoms with van der Waals surface area (Å²) in [6.45, 7) is 3.98. The Morgan fingerprint density at radius 3 is 2.54 bits per heavy atom. The molecule has 24 heavy (non-hydrogen) atoms. The van der Waals surface area contributed by atoms with Crippen molar-refractivity contribution in [3.8, 4) is 11.5 Å². The van der Waals surface area contributed by atoms with E-state index < -0.39 is 5.60 Å². The maximum absolute atomic E-state index is 5.68. The molecule has 3 rings (SSSR count). The Morgan fingerprint density at radius 2 is 1.88 bits per heavy atom. The van der Waals surface area contributed by atoms with Gasteiger partial charge in [0.15, 0.2) is 0 Å². The predicted octanol–water partition coefficient (Wildman–Crippen LogP) is 4.44. The highest BCUT2D eigenvalue weighted by molar-refractivity contribution is 6.04. The van der Waals surface area contributed by atoms with Gasteiger partial charge in [-0.1, -0.05) is 12.2 Å². The maximum atomic E-state index is 5.68. The average Bonchev–Trinajstić information content (AvgIpc) is 3.05. The molecule has 3 aromatic rings. The number of methoxy groups -OCH3 is 3. The molecule has 0 spiro atoms. The number of hydrogen-bond donors (Lipinski definition) is 0. The molecule has 0 bridgehead atoms. The molecule has 0 aliphatic carbocycles. The molecule has 5 heteroatoms. The number of furan rings is 1. The molecule has 126 valence electrons. The van der Waals surface area contributed by atoms with E-state index in [1.54, 1.807) is 27.6 Å². The molecule has 0 unspecified atom stereocenters. The maximum Gasteiger partial charge on any atom is 0.230 e. The molecule has 0 saturated carbocycles. The molecule has 0 radical (unpaired) electrons. The van der Waals surface area contributed by atoms with Crippen LogP contribution in [0.15, 0.2) is 35.0 Å². The van der Waals surface area contributed by atoms with Gasteiger partial charge in [-0.25, -0.2) is 4.98 Å². The van der Waals surface area contributed by atoms with E-state index in [2.05, 4.69) is 4.98 Å². The van der Waals surface area contributed by atoms with Crippen LogP contribution in [0.2, 0.25) is 0 Å². The van der Waals surface area contributed by atoms with Gasteiger partial charge in [-0.05, 0) is 32.0 Å². The minimum Gasteiger partial charge on any atom is -0.496 e. The summed E-state index contributed by atoms with van der Waals surface area (Å²) in [6.07, 6.45) is 5.59. The van der Waals surface area contributed by atoms with Gasteiger partial charge in [0.1, 0.15) is 11.5 Å². The zero-order valence-corrected chi connectivity index (χ0v) is 14.5. The number of fused-ring (bicyclic) bond motifs is 2. The Hall–Kier alpha value is -2.53. The van der Waals surface area contributed by atoms with Crippen molar-refractivity contribution < 1.29 is 18.6 Å². The highest BCUT2D eigenvalue weighted by atomic mass is 16.5. The molecule has 2 heterocycles. The molecule has 0 N–H and O–H groups in total. The summed E-state index contributed by atoms with van der Waals surface area (Å²) in [5.74, 6) is 1.46. The predicted molar refractivity (Wildman–Crippen MR) is 94.7 cm³/mol. The second-order valence-corrected chi connectivity index (χ2v) is 6.00. The normalized spacial score (nSPS) is 12.4. The minimum atomic E-state index is -0.395. The van der Waals surface area contributed by atoms with Gasteiger partial charge in [-0.15, -0.1) is 0 Å². The average molecular weight is 327 g/mol.